The number of Topliss-reactive ketones (excluding diaryl/α,β-unsaturated/α-hetero) is 1. The van der Waals surface area contributed by atoms with Crippen molar-refractivity contribution < 1.29 is 19.1 Å². The highest BCUT2D eigenvalue weighted by molar-refractivity contribution is 6.03. The number of benzene rings is 1. The van der Waals surface area contributed by atoms with Crippen LogP contribution in [0.5, 0.6) is 5.75 Å². The summed E-state index contributed by atoms with van der Waals surface area (Å²) in [6, 6.07) is 7.85. The lowest BCUT2D eigenvalue weighted by molar-refractivity contribution is 0.0519. The van der Waals surface area contributed by atoms with Gasteiger partial charge in [-0.2, -0.15) is 0 Å². The molecule has 0 spiro atoms. The number of aryl methyl sites for hydroxylation is 2. The molecule has 27 heavy (non-hydrogen) atoms. The summed E-state index contributed by atoms with van der Waals surface area (Å²) >= 11 is 0. The molecule has 2 aromatic rings. The first-order valence-electron chi connectivity index (χ1n) is 9.11. The van der Waals surface area contributed by atoms with E-state index in [0.29, 0.717) is 42.3 Å². The lowest BCUT2D eigenvalue weighted by atomic mass is 10.1. The van der Waals surface area contributed by atoms with Gasteiger partial charge >= 0.3 is 5.97 Å². The highest BCUT2D eigenvalue weighted by atomic mass is 16.5. The maximum absolute atomic E-state index is 12.7. The van der Waals surface area contributed by atoms with E-state index in [4.69, 9.17) is 9.47 Å². The Balaban J connectivity index is 1.94. The van der Waals surface area contributed by atoms with Gasteiger partial charge in [0.2, 0.25) is 0 Å². The minimum atomic E-state index is -0.433. The third kappa shape index (κ3) is 5.20. The maximum Gasteiger partial charge on any atom is 0.355 e. The largest absolute Gasteiger partial charge is 0.492 e. The molecule has 0 radical (unpaired) electrons. The number of H-pyrrole nitrogens is 1. The third-order valence-corrected chi connectivity index (χ3v) is 4.43. The Morgan fingerprint density at radius 2 is 1.85 bits per heavy atom. The fourth-order valence-corrected chi connectivity index (χ4v) is 3.01. The van der Waals surface area contributed by atoms with Crippen molar-refractivity contribution in [2.24, 2.45) is 0 Å². The first-order valence-corrected chi connectivity index (χ1v) is 9.11. The normalized spacial score (nSPS) is 10.9. The molecule has 0 unspecified atom stereocenters. The van der Waals surface area contributed by atoms with E-state index in [-0.39, 0.29) is 12.3 Å². The molecule has 1 N–H and O–H groups in total. The van der Waals surface area contributed by atoms with Crippen LogP contribution in [0, 0.1) is 20.8 Å². The molecule has 0 aliphatic rings. The summed E-state index contributed by atoms with van der Waals surface area (Å²) in [4.78, 5) is 29.6. The van der Waals surface area contributed by atoms with Gasteiger partial charge in [-0.3, -0.25) is 9.69 Å². The predicted molar refractivity (Wildman–Crippen MR) is 105 cm³/mol. The molecule has 146 valence electrons. The zero-order valence-corrected chi connectivity index (χ0v) is 16.7. The number of carbonyl (C=O) groups excluding carboxylic acids is 2. The Labute approximate surface area is 160 Å². The number of aromatic nitrogens is 1. The lowest BCUT2D eigenvalue weighted by Gasteiger charge is -2.17. The van der Waals surface area contributed by atoms with Gasteiger partial charge in [0.05, 0.1) is 13.2 Å². The number of hydrogen-bond acceptors (Lipinski definition) is 5. The van der Waals surface area contributed by atoms with Gasteiger partial charge in [-0.1, -0.05) is 18.2 Å². The van der Waals surface area contributed by atoms with E-state index < -0.39 is 5.97 Å². The third-order valence-electron chi connectivity index (χ3n) is 4.43. The Kier molecular flexibility index (Phi) is 7.19. The lowest BCUT2D eigenvalue weighted by Crippen LogP contribution is -2.30. The van der Waals surface area contributed by atoms with Crippen LogP contribution in [0.3, 0.4) is 0 Å². The van der Waals surface area contributed by atoms with Crippen LogP contribution in [0.2, 0.25) is 0 Å². The second-order valence-electron chi connectivity index (χ2n) is 6.62. The van der Waals surface area contributed by atoms with E-state index in [0.717, 1.165) is 11.3 Å². The van der Waals surface area contributed by atoms with Gasteiger partial charge < -0.3 is 14.5 Å². The molecule has 1 aromatic heterocycles. The van der Waals surface area contributed by atoms with Crippen LogP contribution >= 0.6 is 0 Å². The molecule has 6 nitrogen and oxygen atoms in total. The fraction of sp³-hybridized carbons (Fsp3) is 0.429. The molecule has 0 saturated heterocycles. The second kappa shape index (κ2) is 9.37. The Morgan fingerprint density at radius 1 is 1.15 bits per heavy atom. The molecular weight excluding hydrogens is 344 g/mol. The molecule has 0 amide bonds. The molecule has 0 atom stereocenters. The topological polar surface area (TPSA) is 71.6 Å². The molecule has 6 heteroatoms. The monoisotopic (exact) mass is 372 g/mol. The number of rotatable bonds is 9. The molecule has 1 aromatic carbocycles. The molecule has 0 bridgehead atoms. The second-order valence-corrected chi connectivity index (χ2v) is 6.62. The zero-order chi connectivity index (χ0) is 20.0. The van der Waals surface area contributed by atoms with Crippen molar-refractivity contribution in [3.8, 4) is 5.75 Å². The van der Waals surface area contributed by atoms with E-state index >= 15 is 0 Å². The number of aromatic amines is 1. The molecule has 0 fully saturated rings. The number of likely N-dealkylation sites (N-methyl/N-ethyl adjacent to an activating group) is 1. The summed E-state index contributed by atoms with van der Waals surface area (Å²) in [5.74, 6) is 0.390. The first-order chi connectivity index (χ1) is 12.8. The maximum atomic E-state index is 12.7. The van der Waals surface area contributed by atoms with E-state index in [2.05, 4.69) is 4.98 Å². The van der Waals surface area contributed by atoms with Crippen molar-refractivity contribution in [3.63, 3.8) is 0 Å². The van der Waals surface area contributed by atoms with Gasteiger partial charge in [0.15, 0.2) is 5.78 Å². The van der Waals surface area contributed by atoms with E-state index in [1.54, 1.807) is 20.8 Å². The smallest absolute Gasteiger partial charge is 0.355 e. The molecule has 1 heterocycles. The average Bonchev–Trinajstić information content (AvgIpc) is 2.91. The number of carbonyl (C=O) groups is 2. The van der Waals surface area contributed by atoms with Crippen molar-refractivity contribution in [3.05, 3.63) is 52.3 Å². The van der Waals surface area contributed by atoms with Gasteiger partial charge in [-0.25, -0.2) is 4.79 Å². The highest BCUT2D eigenvalue weighted by Crippen LogP contribution is 2.20. The number of ether oxygens (including phenoxy) is 2. The molecule has 0 saturated carbocycles. The number of para-hydroxylation sites is 1. The van der Waals surface area contributed by atoms with Crippen LogP contribution in [0.15, 0.2) is 24.3 Å². The number of nitrogens with one attached hydrogen (secondary N) is 1. The van der Waals surface area contributed by atoms with Crippen molar-refractivity contribution in [2.75, 3.05) is 33.4 Å². The van der Waals surface area contributed by atoms with Crippen LogP contribution in [0.1, 0.15) is 44.6 Å². The van der Waals surface area contributed by atoms with Crippen LogP contribution in [-0.4, -0.2) is 55.0 Å². The Morgan fingerprint density at radius 3 is 2.52 bits per heavy atom. The van der Waals surface area contributed by atoms with Crippen LogP contribution in [-0.2, 0) is 4.74 Å². The minimum absolute atomic E-state index is 0.0322. The summed E-state index contributed by atoms with van der Waals surface area (Å²) in [5.41, 5.74) is 3.32. The van der Waals surface area contributed by atoms with Gasteiger partial charge in [0, 0.05) is 17.8 Å². The highest BCUT2D eigenvalue weighted by Gasteiger charge is 2.23. The SMILES string of the molecule is CCOC(=O)c1[nH]c(C)c(C(=O)CN(C)CCOc2ccccc2C)c1C. The number of hydrogen-bond donors (Lipinski definition) is 1. The van der Waals surface area contributed by atoms with Crippen molar-refractivity contribution in [2.45, 2.75) is 27.7 Å². The standard InChI is InChI=1S/C21H28N2O4/c1-6-26-21(25)20-15(3)19(16(4)22-20)17(24)13-23(5)11-12-27-18-10-8-7-9-14(18)2/h7-10,22H,6,11-13H2,1-5H3. The van der Waals surface area contributed by atoms with E-state index in [1.165, 1.54) is 0 Å². The van der Waals surface area contributed by atoms with Crippen molar-refractivity contribution >= 4 is 11.8 Å². The molecular formula is C21H28N2O4. The van der Waals surface area contributed by atoms with Gasteiger partial charge in [-0.15, -0.1) is 0 Å². The Hall–Kier alpha value is -2.60. The predicted octanol–water partition coefficient (Wildman–Crippen LogP) is 3.31. The van der Waals surface area contributed by atoms with Crippen LogP contribution in [0.4, 0.5) is 0 Å². The zero-order valence-electron chi connectivity index (χ0n) is 16.7. The van der Waals surface area contributed by atoms with Gasteiger partial charge in [0.25, 0.3) is 0 Å². The summed E-state index contributed by atoms with van der Waals surface area (Å²) in [5, 5.41) is 0. The van der Waals surface area contributed by atoms with Crippen LogP contribution < -0.4 is 4.74 Å². The molecule has 2 rings (SSSR count). The number of nitrogens with zero attached hydrogens (tertiary/aromatic N) is 1. The van der Waals surface area contributed by atoms with Gasteiger partial charge in [-0.05, 0) is 51.9 Å². The fourth-order valence-electron chi connectivity index (χ4n) is 3.01. The number of ketones is 1. The summed E-state index contributed by atoms with van der Waals surface area (Å²) in [7, 11) is 1.88. The first kappa shape index (κ1) is 20.7. The van der Waals surface area contributed by atoms with Crippen molar-refractivity contribution in [1.29, 1.82) is 0 Å². The quantitative estimate of drug-likeness (QED) is 0.540. The Bertz CT molecular complexity index is 811. The molecule has 0 aliphatic carbocycles. The van der Waals surface area contributed by atoms with E-state index in [1.807, 2.05) is 43.1 Å². The number of esters is 1. The van der Waals surface area contributed by atoms with Crippen LogP contribution in [0.25, 0.3) is 0 Å². The summed E-state index contributed by atoms with van der Waals surface area (Å²) < 4.78 is 10.8. The molecule has 0 aliphatic heterocycles. The average molecular weight is 372 g/mol. The summed E-state index contributed by atoms with van der Waals surface area (Å²) in [6.45, 7) is 8.97. The van der Waals surface area contributed by atoms with Gasteiger partial charge in [0.1, 0.15) is 18.1 Å². The van der Waals surface area contributed by atoms with E-state index in [9.17, 15) is 9.59 Å². The minimum Gasteiger partial charge on any atom is -0.492 e. The van der Waals surface area contributed by atoms with Crippen molar-refractivity contribution in [1.82, 2.24) is 9.88 Å². The summed E-state index contributed by atoms with van der Waals surface area (Å²) in [6.07, 6.45) is 0.